The molecule has 6 nitrogen and oxygen atoms in total. The molecular formula is C19H18Cl2N4O2. The number of nitrogens with zero attached hydrogens (tertiary/aromatic N) is 2. The Labute approximate surface area is 166 Å². The zero-order chi connectivity index (χ0) is 19.7. The second kappa shape index (κ2) is 7.58. The monoisotopic (exact) mass is 404 g/mol. The largest absolute Gasteiger partial charge is 0.326 e. The molecule has 0 aliphatic carbocycles. The highest BCUT2D eigenvalue weighted by Crippen LogP contribution is 2.26. The van der Waals surface area contributed by atoms with Crippen LogP contribution in [0.25, 0.3) is 5.65 Å². The van der Waals surface area contributed by atoms with Crippen molar-refractivity contribution in [1.82, 2.24) is 9.38 Å². The van der Waals surface area contributed by atoms with Crippen molar-refractivity contribution in [2.45, 2.75) is 27.2 Å². The molecule has 8 heteroatoms. The third kappa shape index (κ3) is 3.91. The number of amides is 2. The molecule has 140 valence electrons. The second-order valence-corrected chi connectivity index (χ2v) is 6.95. The van der Waals surface area contributed by atoms with Gasteiger partial charge >= 0.3 is 0 Å². The van der Waals surface area contributed by atoms with E-state index in [1.54, 1.807) is 35.7 Å². The van der Waals surface area contributed by atoms with Crippen LogP contribution in [0.15, 0.2) is 30.5 Å². The molecule has 0 fully saturated rings. The number of nitrogens with one attached hydrogen (secondary N) is 2. The predicted octanol–water partition coefficient (Wildman–Crippen LogP) is 4.72. The number of halogens is 2. The van der Waals surface area contributed by atoms with Gasteiger partial charge in [-0.15, -0.1) is 0 Å². The zero-order valence-corrected chi connectivity index (χ0v) is 16.6. The molecule has 3 rings (SSSR count). The van der Waals surface area contributed by atoms with Gasteiger partial charge in [-0.1, -0.05) is 36.2 Å². The van der Waals surface area contributed by atoms with E-state index in [2.05, 4.69) is 15.6 Å². The number of carbonyl (C=O) groups is 2. The standard InChI is InChI=1S/C19H18Cl2N4O2/c1-4-12-5-6-14(23-11(3)26)8-16(12)24-19(27)17-10(2)22-18-15(21)7-13(20)9-25(17)18/h5-9H,4H2,1-3H3,(H,23,26)(H,24,27). The fourth-order valence-electron chi connectivity index (χ4n) is 2.92. The van der Waals surface area contributed by atoms with Crippen molar-refractivity contribution >= 4 is 52.0 Å². The summed E-state index contributed by atoms with van der Waals surface area (Å²) >= 11 is 12.3. The van der Waals surface area contributed by atoms with E-state index in [4.69, 9.17) is 23.2 Å². The van der Waals surface area contributed by atoms with Gasteiger partial charge in [0.1, 0.15) is 5.69 Å². The molecule has 1 aromatic carbocycles. The lowest BCUT2D eigenvalue weighted by molar-refractivity contribution is -0.114. The quantitative estimate of drug-likeness (QED) is 0.660. The van der Waals surface area contributed by atoms with Gasteiger partial charge in [0.25, 0.3) is 5.91 Å². The lowest BCUT2D eigenvalue weighted by Gasteiger charge is -2.13. The minimum Gasteiger partial charge on any atom is -0.326 e. The third-order valence-electron chi connectivity index (χ3n) is 4.09. The molecule has 0 radical (unpaired) electrons. The van der Waals surface area contributed by atoms with Gasteiger partial charge in [0.15, 0.2) is 5.65 Å². The number of hydrogen-bond acceptors (Lipinski definition) is 3. The minimum absolute atomic E-state index is 0.182. The molecule has 0 spiro atoms. The number of carbonyl (C=O) groups excluding carboxylic acids is 2. The molecule has 0 atom stereocenters. The number of hydrogen-bond donors (Lipinski definition) is 2. The van der Waals surface area contributed by atoms with Crippen molar-refractivity contribution in [2.24, 2.45) is 0 Å². The molecule has 3 aromatic rings. The summed E-state index contributed by atoms with van der Waals surface area (Å²) in [5.74, 6) is -0.522. The van der Waals surface area contributed by atoms with E-state index in [1.165, 1.54) is 6.92 Å². The maximum atomic E-state index is 13.0. The number of anilines is 2. The first-order valence-electron chi connectivity index (χ1n) is 8.35. The smallest absolute Gasteiger partial charge is 0.274 e. The molecule has 2 N–H and O–H groups in total. The normalized spacial score (nSPS) is 10.9. The fraction of sp³-hybridized carbons (Fsp3) is 0.211. The van der Waals surface area contributed by atoms with Crippen molar-refractivity contribution < 1.29 is 9.59 Å². The molecule has 2 aromatic heterocycles. The number of aromatic nitrogens is 2. The predicted molar refractivity (Wildman–Crippen MR) is 108 cm³/mol. The first kappa shape index (κ1) is 19.2. The van der Waals surface area contributed by atoms with E-state index < -0.39 is 0 Å². The average molecular weight is 405 g/mol. The van der Waals surface area contributed by atoms with Crippen LogP contribution >= 0.6 is 23.2 Å². The molecule has 0 unspecified atom stereocenters. The summed E-state index contributed by atoms with van der Waals surface area (Å²) in [7, 11) is 0. The van der Waals surface area contributed by atoms with Gasteiger partial charge in [0.2, 0.25) is 5.91 Å². The van der Waals surface area contributed by atoms with Gasteiger partial charge in [0, 0.05) is 24.5 Å². The molecular weight excluding hydrogens is 387 g/mol. The Morgan fingerprint density at radius 1 is 1.19 bits per heavy atom. The van der Waals surface area contributed by atoms with E-state index in [-0.39, 0.29) is 11.8 Å². The minimum atomic E-state index is -0.340. The van der Waals surface area contributed by atoms with Crippen molar-refractivity contribution in [2.75, 3.05) is 10.6 Å². The zero-order valence-electron chi connectivity index (χ0n) is 15.1. The van der Waals surface area contributed by atoms with Crippen LogP contribution < -0.4 is 10.6 Å². The Morgan fingerprint density at radius 3 is 2.59 bits per heavy atom. The summed E-state index contributed by atoms with van der Waals surface area (Å²) in [4.78, 5) is 28.7. The van der Waals surface area contributed by atoms with E-state index in [0.717, 1.165) is 12.0 Å². The fourth-order valence-corrected chi connectivity index (χ4v) is 3.44. The number of benzene rings is 1. The molecule has 0 bridgehead atoms. The van der Waals surface area contributed by atoms with Gasteiger partial charge in [-0.2, -0.15) is 0 Å². The number of pyridine rings is 1. The highest BCUT2D eigenvalue weighted by atomic mass is 35.5. The van der Waals surface area contributed by atoms with Crippen LogP contribution in [-0.2, 0) is 11.2 Å². The second-order valence-electron chi connectivity index (χ2n) is 6.11. The first-order valence-corrected chi connectivity index (χ1v) is 9.11. The first-order chi connectivity index (χ1) is 12.8. The SMILES string of the molecule is CCc1ccc(NC(C)=O)cc1NC(=O)c1c(C)nc2c(Cl)cc(Cl)cn12. The Bertz CT molecular complexity index is 1060. The summed E-state index contributed by atoms with van der Waals surface area (Å²) in [6, 6.07) is 6.99. The third-order valence-corrected chi connectivity index (χ3v) is 4.58. The molecule has 0 aliphatic heterocycles. The van der Waals surface area contributed by atoms with Crippen LogP contribution in [0.5, 0.6) is 0 Å². The number of rotatable bonds is 4. The molecule has 0 saturated heterocycles. The molecule has 0 aliphatic rings. The number of aryl methyl sites for hydroxylation is 2. The Hall–Kier alpha value is -2.57. The highest BCUT2D eigenvalue weighted by molar-refractivity contribution is 6.36. The van der Waals surface area contributed by atoms with Crippen molar-refractivity contribution in [3.63, 3.8) is 0 Å². The van der Waals surface area contributed by atoms with Crippen LogP contribution in [0.4, 0.5) is 11.4 Å². The topological polar surface area (TPSA) is 75.5 Å². The van der Waals surface area contributed by atoms with Crippen molar-refractivity contribution in [3.8, 4) is 0 Å². The van der Waals surface area contributed by atoms with Crippen molar-refractivity contribution in [3.05, 3.63) is 57.5 Å². The summed E-state index contributed by atoms with van der Waals surface area (Å²) in [6.07, 6.45) is 2.33. The van der Waals surface area contributed by atoms with Gasteiger partial charge < -0.3 is 10.6 Å². The van der Waals surface area contributed by atoms with Gasteiger partial charge in [-0.25, -0.2) is 4.98 Å². The van der Waals surface area contributed by atoms with Gasteiger partial charge in [-0.05, 0) is 37.1 Å². The van der Waals surface area contributed by atoms with E-state index in [0.29, 0.717) is 38.5 Å². The van der Waals surface area contributed by atoms with Crippen LogP contribution in [0.3, 0.4) is 0 Å². The van der Waals surface area contributed by atoms with Gasteiger partial charge in [0.05, 0.1) is 15.7 Å². The van der Waals surface area contributed by atoms with E-state index >= 15 is 0 Å². The van der Waals surface area contributed by atoms with Crippen LogP contribution in [-0.4, -0.2) is 21.2 Å². The van der Waals surface area contributed by atoms with E-state index in [1.807, 2.05) is 13.0 Å². The summed E-state index contributed by atoms with van der Waals surface area (Å²) in [5.41, 5.74) is 3.52. The maximum Gasteiger partial charge on any atom is 0.274 e. The van der Waals surface area contributed by atoms with Crippen LogP contribution in [0.2, 0.25) is 10.0 Å². The number of imidazole rings is 1. The summed E-state index contributed by atoms with van der Waals surface area (Å²) in [5, 5.41) is 6.40. The molecule has 27 heavy (non-hydrogen) atoms. The Kier molecular flexibility index (Phi) is 5.39. The molecule has 2 heterocycles. The van der Waals surface area contributed by atoms with Crippen LogP contribution in [0, 0.1) is 6.92 Å². The summed E-state index contributed by atoms with van der Waals surface area (Å²) in [6.45, 7) is 5.16. The summed E-state index contributed by atoms with van der Waals surface area (Å²) < 4.78 is 1.58. The molecule has 2 amide bonds. The highest BCUT2D eigenvalue weighted by Gasteiger charge is 2.20. The average Bonchev–Trinajstić information content (AvgIpc) is 2.91. The lowest BCUT2D eigenvalue weighted by atomic mass is 10.1. The van der Waals surface area contributed by atoms with Crippen LogP contribution in [0.1, 0.15) is 35.6 Å². The van der Waals surface area contributed by atoms with E-state index in [9.17, 15) is 9.59 Å². The van der Waals surface area contributed by atoms with Gasteiger partial charge in [-0.3, -0.25) is 14.0 Å². The Morgan fingerprint density at radius 2 is 1.93 bits per heavy atom. The number of fused-ring (bicyclic) bond motifs is 1. The molecule has 0 saturated carbocycles. The Balaban J connectivity index is 2.02. The van der Waals surface area contributed by atoms with Crippen molar-refractivity contribution in [1.29, 1.82) is 0 Å². The maximum absolute atomic E-state index is 13.0. The lowest BCUT2D eigenvalue weighted by Crippen LogP contribution is -2.17.